The summed E-state index contributed by atoms with van der Waals surface area (Å²) in [4.78, 5) is 28.5. The number of thiophene rings is 1. The van der Waals surface area contributed by atoms with Crippen LogP contribution in [0.4, 0.5) is 5.69 Å². The van der Waals surface area contributed by atoms with Crippen LogP contribution < -0.4 is 5.32 Å². The molecule has 0 atom stereocenters. The third-order valence-electron chi connectivity index (χ3n) is 2.36. The second-order valence-electron chi connectivity index (χ2n) is 3.58. The van der Waals surface area contributed by atoms with Crippen LogP contribution in [-0.4, -0.2) is 24.0 Å². The van der Waals surface area contributed by atoms with E-state index in [1.807, 2.05) is 6.92 Å². The topological polar surface area (TPSA) is 68.3 Å². The maximum absolute atomic E-state index is 12.0. The lowest BCUT2D eigenvalue weighted by Gasteiger charge is -2.03. The van der Waals surface area contributed by atoms with Gasteiger partial charge in [-0.05, 0) is 17.9 Å². The number of amides is 1. The lowest BCUT2D eigenvalue weighted by Crippen LogP contribution is -2.12. The van der Waals surface area contributed by atoms with Gasteiger partial charge >= 0.3 is 5.97 Å². The van der Waals surface area contributed by atoms with Crippen LogP contribution in [0.25, 0.3) is 0 Å². The monoisotopic (exact) mass is 296 g/mol. The lowest BCUT2D eigenvalue weighted by atomic mass is 10.3. The van der Waals surface area contributed by atoms with Crippen molar-refractivity contribution in [2.24, 2.45) is 0 Å². The van der Waals surface area contributed by atoms with Crippen molar-refractivity contribution in [3.8, 4) is 0 Å². The maximum atomic E-state index is 12.0. The van der Waals surface area contributed by atoms with Crippen LogP contribution in [0.15, 0.2) is 17.6 Å². The van der Waals surface area contributed by atoms with Crippen molar-refractivity contribution >= 4 is 40.2 Å². The molecular formula is C12H12N2O3S2. The van der Waals surface area contributed by atoms with E-state index < -0.39 is 5.97 Å². The molecule has 2 rings (SSSR count). The van der Waals surface area contributed by atoms with Gasteiger partial charge in [-0.15, -0.1) is 22.7 Å². The molecule has 2 aromatic heterocycles. The molecule has 0 aliphatic rings. The number of aryl methyl sites for hydroxylation is 1. The Morgan fingerprint density at radius 1 is 1.47 bits per heavy atom. The van der Waals surface area contributed by atoms with Crippen molar-refractivity contribution in [3.05, 3.63) is 32.4 Å². The fourth-order valence-corrected chi connectivity index (χ4v) is 2.94. The van der Waals surface area contributed by atoms with Crippen molar-refractivity contribution in [3.63, 3.8) is 0 Å². The van der Waals surface area contributed by atoms with E-state index in [-0.39, 0.29) is 5.91 Å². The highest BCUT2D eigenvalue weighted by molar-refractivity contribution is 7.14. The molecule has 0 saturated heterocycles. The van der Waals surface area contributed by atoms with Crippen LogP contribution in [0.5, 0.6) is 0 Å². The number of methoxy groups -OCH3 is 1. The number of anilines is 1. The van der Waals surface area contributed by atoms with Gasteiger partial charge in [-0.2, -0.15) is 0 Å². The zero-order valence-electron chi connectivity index (χ0n) is 10.4. The second-order valence-corrected chi connectivity index (χ2v) is 5.61. The van der Waals surface area contributed by atoms with Gasteiger partial charge in [0.15, 0.2) is 0 Å². The molecular weight excluding hydrogens is 284 g/mol. The molecule has 0 radical (unpaired) electrons. The largest absolute Gasteiger partial charge is 0.465 e. The standard InChI is InChI=1S/C12H12N2O3S2/c1-3-9-13-6-8(19-9)11(15)14-7-4-5-18-10(7)12(16)17-2/h4-6H,3H2,1-2H3,(H,14,15). The summed E-state index contributed by atoms with van der Waals surface area (Å²) in [5.41, 5.74) is 0.466. The summed E-state index contributed by atoms with van der Waals surface area (Å²) in [6.45, 7) is 1.98. The molecule has 0 aliphatic heterocycles. The van der Waals surface area contributed by atoms with E-state index in [4.69, 9.17) is 0 Å². The van der Waals surface area contributed by atoms with E-state index in [1.165, 1.54) is 29.8 Å². The molecule has 0 unspecified atom stereocenters. The van der Waals surface area contributed by atoms with Gasteiger partial charge < -0.3 is 10.1 Å². The molecule has 19 heavy (non-hydrogen) atoms. The van der Waals surface area contributed by atoms with Crippen molar-refractivity contribution in [2.75, 3.05) is 12.4 Å². The molecule has 2 heterocycles. The average molecular weight is 296 g/mol. The quantitative estimate of drug-likeness (QED) is 0.881. The van der Waals surface area contributed by atoms with Gasteiger partial charge in [-0.25, -0.2) is 9.78 Å². The maximum Gasteiger partial charge on any atom is 0.350 e. The number of hydrogen-bond acceptors (Lipinski definition) is 6. The first-order valence-corrected chi connectivity index (χ1v) is 7.27. The summed E-state index contributed by atoms with van der Waals surface area (Å²) in [6.07, 6.45) is 2.34. The van der Waals surface area contributed by atoms with Crippen molar-refractivity contribution in [2.45, 2.75) is 13.3 Å². The van der Waals surface area contributed by atoms with E-state index in [1.54, 1.807) is 17.6 Å². The van der Waals surface area contributed by atoms with Gasteiger partial charge in [0, 0.05) is 0 Å². The number of thiazole rings is 1. The Balaban J connectivity index is 2.15. The zero-order valence-corrected chi connectivity index (χ0v) is 12.1. The Labute approximate surface area is 118 Å². The van der Waals surface area contributed by atoms with Crippen LogP contribution in [-0.2, 0) is 11.2 Å². The smallest absolute Gasteiger partial charge is 0.350 e. The minimum Gasteiger partial charge on any atom is -0.465 e. The summed E-state index contributed by atoms with van der Waals surface area (Å²) < 4.78 is 4.65. The predicted octanol–water partition coefficient (Wildman–Crippen LogP) is 2.81. The third kappa shape index (κ3) is 2.99. The second kappa shape index (κ2) is 5.94. The van der Waals surface area contributed by atoms with Crippen molar-refractivity contribution in [1.29, 1.82) is 0 Å². The molecule has 1 N–H and O–H groups in total. The molecule has 0 aliphatic carbocycles. The van der Waals surface area contributed by atoms with E-state index in [0.717, 1.165) is 11.4 Å². The van der Waals surface area contributed by atoms with E-state index in [9.17, 15) is 9.59 Å². The fourth-order valence-electron chi connectivity index (χ4n) is 1.42. The van der Waals surface area contributed by atoms with E-state index >= 15 is 0 Å². The normalized spacial score (nSPS) is 10.2. The summed E-state index contributed by atoms with van der Waals surface area (Å²) in [5, 5.41) is 5.33. The van der Waals surface area contributed by atoms with Crippen LogP contribution in [0, 0.1) is 0 Å². The van der Waals surface area contributed by atoms with Gasteiger partial charge in [0.05, 0.1) is 24.0 Å². The SMILES string of the molecule is CCc1ncc(C(=O)Nc2ccsc2C(=O)OC)s1. The highest BCUT2D eigenvalue weighted by atomic mass is 32.1. The Kier molecular flexibility index (Phi) is 4.28. The Hall–Kier alpha value is -1.73. The number of aromatic nitrogens is 1. The van der Waals surface area contributed by atoms with Crippen LogP contribution in [0.3, 0.4) is 0 Å². The highest BCUT2D eigenvalue weighted by Gasteiger charge is 2.17. The number of esters is 1. The van der Waals surface area contributed by atoms with Crippen LogP contribution in [0.1, 0.15) is 31.3 Å². The number of carbonyl (C=O) groups is 2. The predicted molar refractivity (Wildman–Crippen MR) is 75.1 cm³/mol. The Morgan fingerprint density at radius 2 is 2.26 bits per heavy atom. The Morgan fingerprint density at radius 3 is 2.89 bits per heavy atom. The fraction of sp³-hybridized carbons (Fsp3) is 0.250. The number of nitrogens with one attached hydrogen (secondary N) is 1. The third-order valence-corrected chi connectivity index (χ3v) is 4.40. The number of ether oxygens (including phenoxy) is 1. The van der Waals surface area contributed by atoms with Gasteiger partial charge in [0.1, 0.15) is 9.75 Å². The van der Waals surface area contributed by atoms with Gasteiger partial charge in [0.2, 0.25) is 0 Å². The van der Waals surface area contributed by atoms with Gasteiger partial charge in [-0.1, -0.05) is 6.92 Å². The van der Waals surface area contributed by atoms with Crippen molar-refractivity contribution < 1.29 is 14.3 Å². The van der Waals surface area contributed by atoms with E-state index in [2.05, 4.69) is 15.0 Å². The summed E-state index contributed by atoms with van der Waals surface area (Å²) in [6, 6.07) is 1.68. The molecule has 0 saturated carbocycles. The summed E-state index contributed by atoms with van der Waals surface area (Å²) in [5.74, 6) is -0.718. The summed E-state index contributed by atoms with van der Waals surface area (Å²) in [7, 11) is 1.31. The molecule has 0 fully saturated rings. The average Bonchev–Trinajstić information content (AvgIpc) is 3.06. The number of carbonyl (C=O) groups excluding carboxylic acids is 2. The van der Waals surface area contributed by atoms with Crippen LogP contribution >= 0.6 is 22.7 Å². The molecule has 100 valence electrons. The molecule has 2 aromatic rings. The molecule has 1 amide bonds. The van der Waals surface area contributed by atoms with Crippen LogP contribution in [0.2, 0.25) is 0 Å². The van der Waals surface area contributed by atoms with Gasteiger partial charge in [0.25, 0.3) is 5.91 Å². The zero-order chi connectivity index (χ0) is 13.8. The van der Waals surface area contributed by atoms with E-state index in [0.29, 0.717) is 15.4 Å². The van der Waals surface area contributed by atoms with Gasteiger partial charge in [-0.3, -0.25) is 4.79 Å². The van der Waals surface area contributed by atoms with Crippen molar-refractivity contribution in [1.82, 2.24) is 4.98 Å². The minimum atomic E-state index is -0.455. The minimum absolute atomic E-state index is 0.263. The molecule has 0 spiro atoms. The number of nitrogens with zero attached hydrogens (tertiary/aromatic N) is 1. The molecule has 7 heteroatoms. The first-order valence-electron chi connectivity index (χ1n) is 5.57. The number of hydrogen-bond donors (Lipinski definition) is 1. The first kappa shape index (κ1) is 13.7. The lowest BCUT2D eigenvalue weighted by molar-refractivity contribution is 0.0607. The first-order chi connectivity index (χ1) is 9.15. The highest BCUT2D eigenvalue weighted by Crippen LogP contribution is 2.24. The summed E-state index contributed by atoms with van der Waals surface area (Å²) >= 11 is 2.57. The molecule has 0 bridgehead atoms. The Bertz CT molecular complexity index is 604. The molecule has 0 aromatic carbocycles. The number of rotatable bonds is 4. The molecule has 5 nitrogen and oxygen atoms in total.